The van der Waals surface area contributed by atoms with Gasteiger partial charge in [-0.25, -0.2) is 0 Å². The van der Waals surface area contributed by atoms with Crippen LogP contribution in [0.25, 0.3) is 0 Å². The summed E-state index contributed by atoms with van der Waals surface area (Å²) in [5.41, 5.74) is 0.724. The SMILES string of the molecule is CCCN1C[C@H]2CC[C@@H]1CN(C(=O)c1cccc(OCCOCC)c1)C2. The minimum absolute atomic E-state index is 0.135. The van der Waals surface area contributed by atoms with E-state index in [1.807, 2.05) is 31.2 Å². The van der Waals surface area contributed by atoms with Crippen LogP contribution in [0.4, 0.5) is 0 Å². The van der Waals surface area contributed by atoms with E-state index in [2.05, 4.69) is 16.7 Å². The van der Waals surface area contributed by atoms with E-state index in [9.17, 15) is 4.79 Å². The fourth-order valence-electron chi connectivity index (χ4n) is 4.17. The van der Waals surface area contributed by atoms with Gasteiger partial charge in [0.2, 0.25) is 0 Å². The molecule has 4 rings (SSSR count). The third-order valence-corrected chi connectivity index (χ3v) is 5.41. The molecule has 1 aromatic rings. The Balaban J connectivity index is 1.64. The Morgan fingerprint density at radius 1 is 1.15 bits per heavy atom. The van der Waals surface area contributed by atoms with Crippen LogP contribution in [-0.2, 0) is 4.74 Å². The van der Waals surface area contributed by atoms with Crippen LogP contribution in [0, 0.1) is 5.92 Å². The number of rotatable bonds is 8. The van der Waals surface area contributed by atoms with Crippen molar-refractivity contribution in [1.82, 2.24) is 9.80 Å². The molecule has 3 saturated heterocycles. The van der Waals surface area contributed by atoms with Crippen LogP contribution >= 0.6 is 0 Å². The summed E-state index contributed by atoms with van der Waals surface area (Å²) in [5.74, 6) is 1.48. The second-order valence-corrected chi connectivity index (χ2v) is 7.38. The molecule has 3 fully saturated rings. The summed E-state index contributed by atoms with van der Waals surface area (Å²) in [6, 6.07) is 8.08. The molecule has 2 atom stereocenters. The predicted molar refractivity (Wildman–Crippen MR) is 103 cm³/mol. The van der Waals surface area contributed by atoms with Crippen molar-refractivity contribution in [3.05, 3.63) is 29.8 Å². The summed E-state index contributed by atoms with van der Waals surface area (Å²) in [6.45, 7) is 9.98. The summed E-state index contributed by atoms with van der Waals surface area (Å²) in [5, 5.41) is 0. The number of nitrogens with zero attached hydrogens (tertiary/aromatic N) is 2. The first kappa shape index (κ1) is 19.2. The molecule has 0 saturated carbocycles. The van der Waals surface area contributed by atoms with Crippen molar-refractivity contribution < 1.29 is 14.3 Å². The van der Waals surface area contributed by atoms with Crippen LogP contribution in [0.1, 0.15) is 43.5 Å². The van der Waals surface area contributed by atoms with Crippen molar-refractivity contribution in [3.63, 3.8) is 0 Å². The van der Waals surface area contributed by atoms with Crippen molar-refractivity contribution >= 4 is 5.91 Å². The molecule has 1 amide bonds. The summed E-state index contributed by atoms with van der Waals surface area (Å²) in [7, 11) is 0. The van der Waals surface area contributed by atoms with Gasteiger partial charge in [-0.1, -0.05) is 13.0 Å². The van der Waals surface area contributed by atoms with E-state index in [0.29, 0.717) is 31.8 Å². The first-order chi connectivity index (χ1) is 12.7. The van der Waals surface area contributed by atoms with Gasteiger partial charge in [0.1, 0.15) is 12.4 Å². The molecule has 0 N–H and O–H groups in total. The molecule has 26 heavy (non-hydrogen) atoms. The second-order valence-electron chi connectivity index (χ2n) is 7.38. The number of amides is 1. The third kappa shape index (κ3) is 4.77. The van der Waals surface area contributed by atoms with E-state index in [1.54, 1.807) is 0 Å². The number of hydrogen-bond acceptors (Lipinski definition) is 4. The van der Waals surface area contributed by atoms with Gasteiger partial charge < -0.3 is 14.4 Å². The van der Waals surface area contributed by atoms with Crippen LogP contribution < -0.4 is 4.74 Å². The summed E-state index contributed by atoms with van der Waals surface area (Å²) < 4.78 is 11.0. The lowest BCUT2D eigenvalue weighted by Crippen LogP contribution is -2.44. The minimum Gasteiger partial charge on any atom is -0.491 e. The largest absolute Gasteiger partial charge is 0.491 e. The lowest BCUT2D eigenvalue weighted by atomic mass is 9.95. The van der Waals surface area contributed by atoms with Gasteiger partial charge in [-0.05, 0) is 56.8 Å². The number of carbonyl (C=O) groups is 1. The number of ether oxygens (including phenoxy) is 2. The Morgan fingerprint density at radius 2 is 2.04 bits per heavy atom. The molecular formula is C21H32N2O3. The van der Waals surface area contributed by atoms with Gasteiger partial charge in [0.05, 0.1) is 6.61 Å². The molecule has 144 valence electrons. The molecule has 0 spiro atoms. The zero-order valence-electron chi connectivity index (χ0n) is 16.2. The van der Waals surface area contributed by atoms with Gasteiger partial charge in [-0.2, -0.15) is 0 Å². The van der Waals surface area contributed by atoms with Crippen molar-refractivity contribution in [2.45, 2.75) is 39.2 Å². The van der Waals surface area contributed by atoms with Crippen LogP contribution in [-0.4, -0.2) is 67.7 Å². The molecule has 1 aromatic carbocycles. The molecule has 3 aliphatic rings. The molecule has 0 aliphatic carbocycles. The fraction of sp³-hybridized carbons (Fsp3) is 0.667. The normalized spacial score (nSPS) is 23.1. The van der Waals surface area contributed by atoms with E-state index in [0.717, 1.165) is 37.5 Å². The number of fused-ring (bicyclic) bond motifs is 4. The van der Waals surface area contributed by atoms with E-state index < -0.39 is 0 Å². The minimum atomic E-state index is 0.135. The molecule has 5 nitrogen and oxygen atoms in total. The Hall–Kier alpha value is -1.59. The highest BCUT2D eigenvalue weighted by Crippen LogP contribution is 2.29. The summed E-state index contributed by atoms with van der Waals surface area (Å²) in [6.07, 6.45) is 3.64. The summed E-state index contributed by atoms with van der Waals surface area (Å²) in [4.78, 5) is 17.8. The maximum atomic E-state index is 13.1. The average Bonchev–Trinajstić information content (AvgIpc) is 2.97. The monoisotopic (exact) mass is 360 g/mol. The zero-order valence-corrected chi connectivity index (χ0v) is 16.2. The average molecular weight is 360 g/mol. The second kappa shape index (κ2) is 9.38. The Bertz CT molecular complexity index is 592. The smallest absolute Gasteiger partial charge is 0.254 e. The zero-order chi connectivity index (χ0) is 18.4. The van der Waals surface area contributed by atoms with Gasteiger partial charge in [0.25, 0.3) is 5.91 Å². The fourth-order valence-corrected chi connectivity index (χ4v) is 4.17. The molecule has 5 heteroatoms. The first-order valence-electron chi connectivity index (χ1n) is 10.0. The maximum Gasteiger partial charge on any atom is 0.254 e. The van der Waals surface area contributed by atoms with Gasteiger partial charge in [0.15, 0.2) is 0 Å². The molecule has 0 unspecified atom stereocenters. The maximum absolute atomic E-state index is 13.1. The highest BCUT2D eigenvalue weighted by atomic mass is 16.5. The number of hydrogen-bond donors (Lipinski definition) is 0. The van der Waals surface area contributed by atoms with Crippen molar-refractivity contribution in [2.24, 2.45) is 5.92 Å². The van der Waals surface area contributed by atoms with E-state index in [-0.39, 0.29) is 5.91 Å². The molecule has 3 aliphatic heterocycles. The number of benzene rings is 1. The lowest BCUT2D eigenvalue weighted by Gasteiger charge is -2.35. The molecule has 0 aromatic heterocycles. The molecule has 0 radical (unpaired) electrons. The van der Waals surface area contributed by atoms with Gasteiger partial charge in [0, 0.05) is 37.8 Å². The number of piperidine rings is 1. The highest BCUT2D eigenvalue weighted by Gasteiger charge is 2.36. The molecule has 2 bridgehead atoms. The first-order valence-corrected chi connectivity index (χ1v) is 10.0. The van der Waals surface area contributed by atoms with E-state index in [1.165, 1.54) is 19.3 Å². The van der Waals surface area contributed by atoms with Crippen LogP contribution in [0.5, 0.6) is 5.75 Å². The van der Waals surface area contributed by atoms with E-state index in [4.69, 9.17) is 9.47 Å². The Labute approximate surface area is 157 Å². The molecular weight excluding hydrogens is 328 g/mol. The van der Waals surface area contributed by atoms with Crippen LogP contribution in [0.2, 0.25) is 0 Å². The Morgan fingerprint density at radius 3 is 2.85 bits per heavy atom. The van der Waals surface area contributed by atoms with Crippen molar-refractivity contribution in [2.75, 3.05) is 46.0 Å². The van der Waals surface area contributed by atoms with Gasteiger partial charge in [-0.15, -0.1) is 0 Å². The predicted octanol–water partition coefficient (Wildman–Crippen LogP) is 3.05. The lowest BCUT2D eigenvalue weighted by molar-refractivity contribution is 0.0737. The number of carbonyl (C=O) groups excluding carboxylic acids is 1. The van der Waals surface area contributed by atoms with Gasteiger partial charge in [-0.3, -0.25) is 9.69 Å². The quantitative estimate of drug-likeness (QED) is 0.668. The topological polar surface area (TPSA) is 42.0 Å². The standard InChI is InChI=1S/C21H32N2O3/c1-3-10-22-14-17-8-9-19(22)16-23(15-17)21(24)18-6-5-7-20(13-18)26-12-11-25-4-2/h5-7,13,17,19H,3-4,8-12,14-16H2,1-2H3/t17-,19-/m1/s1. The van der Waals surface area contributed by atoms with Crippen molar-refractivity contribution in [1.29, 1.82) is 0 Å². The molecule has 3 heterocycles. The highest BCUT2D eigenvalue weighted by molar-refractivity contribution is 5.94. The van der Waals surface area contributed by atoms with Crippen LogP contribution in [0.15, 0.2) is 24.3 Å². The van der Waals surface area contributed by atoms with Crippen molar-refractivity contribution in [3.8, 4) is 5.75 Å². The third-order valence-electron chi connectivity index (χ3n) is 5.41. The van der Waals surface area contributed by atoms with Crippen LogP contribution in [0.3, 0.4) is 0 Å². The van der Waals surface area contributed by atoms with Gasteiger partial charge >= 0.3 is 0 Å². The summed E-state index contributed by atoms with van der Waals surface area (Å²) >= 11 is 0. The Kier molecular flexibility index (Phi) is 6.92. The van der Waals surface area contributed by atoms with E-state index >= 15 is 0 Å².